The second-order valence-corrected chi connectivity index (χ2v) is 11.3. The fourth-order valence-electron chi connectivity index (χ4n) is 7.81. The summed E-state index contributed by atoms with van der Waals surface area (Å²) >= 11 is 0. The average molecular weight is 399 g/mol. The molecular formula is C26H42N2O. The van der Waals surface area contributed by atoms with Crippen LogP contribution in [0.4, 0.5) is 0 Å². The van der Waals surface area contributed by atoms with Crippen molar-refractivity contribution in [3.05, 3.63) is 23.3 Å². The summed E-state index contributed by atoms with van der Waals surface area (Å²) in [5, 5.41) is 0. The number of hydrogen-bond acceptors (Lipinski definition) is 2. The fraction of sp³-hybridized carbons (Fsp3) is 0.808. The Kier molecular flexibility index (Phi) is 5.29. The quantitative estimate of drug-likeness (QED) is 0.604. The molecule has 3 heteroatoms. The van der Waals surface area contributed by atoms with Crippen molar-refractivity contribution in [2.75, 3.05) is 21.1 Å². The maximum absolute atomic E-state index is 12.0. The minimum absolute atomic E-state index is 0.176. The van der Waals surface area contributed by atoms with Gasteiger partial charge in [-0.2, -0.15) is 0 Å². The molecule has 0 unspecified atom stereocenters. The molecule has 4 rings (SSSR count). The fourth-order valence-corrected chi connectivity index (χ4v) is 7.81. The Labute approximate surface area is 178 Å². The lowest BCUT2D eigenvalue weighted by atomic mass is 9.47. The molecule has 0 aromatic carbocycles. The number of hydrogen-bond donors (Lipinski definition) is 0. The van der Waals surface area contributed by atoms with Crippen molar-refractivity contribution in [2.24, 2.45) is 28.6 Å². The first-order chi connectivity index (χ1) is 13.6. The first-order valence-corrected chi connectivity index (χ1v) is 11.9. The minimum atomic E-state index is 0.176. The average Bonchev–Trinajstić information content (AvgIpc) is 3.03. The van der Waals surface area contributed by atoms with E-state index in [9.17, 15) is 4.79 Å². The van der Waals surface area contributed by atoms with Crippen molar-refractivity contribution in [2.45, 2.75) is 84.7 Å². The van der Waals surface area contributed by atoms with Gasteiger partial charge in [-0.15, -0.1) is 0 Å². The molecule has 7 atom stereocenters. The van der Waals surface area contributed by atoms with Gasteiger partial charge >= 0.3 is 0 Å². The maximum Gasteiger partial charge on any atom is 0.219 e. The van der Waals surface area contributed by atoms with Crippen molar-refractivity contribution < 1.29 is 4.79 Å². The van der Waals surface area contributed by atoms with Gasteiger partial charge in [0.15, 0.2) is 0 Å². The van der Waals surface area contributed by atoms with Crippen molar-refractivity contribution in [1.29, 1.82) is 0 Å². The molecule has 0 aliphatic heterocycles. The molecule has 162 valence electrons. The number of rotatable bonds is 3. The standard InChI is InChI=1S/C26H42N2O/c1-17(28(7)18(2)29)22-10-11-23-21-9-8-19-16-20(27(5)6)12-14-25(19,3)24(21)13-15-26(22,23)4/h8,10,17,20-21,23-24H,9,11-16H2,1-7H3/t17-,20+,21-,23-,24-,25-,26+/m0/s1. The third kappa shape index (κ3) is 3.14. The summed E-state index contributed by atoms with van der Waals surface area (Å²) in [7, 11) is 6.46. The molecule has 29 heavy (non-hydrogen) atoms. The van der Waals surface area contributed by atoms with Crippen LogP contribution in [0.3, 0.4) is 0 Å². The Hall–Kier alpha value is -1.09. The summed E-state index contributed by atoms with van der Waals surface area (Å²) in [5.74, 6) is 2.58. The number of carbonyl (C=O) groups is 1. The van der Waals surface area contributed by atoms with Gasteiger partial charge < -0.3 is 9.80 Å². The van der Waals surface area contributed by atoms with Crippen LogP contribution in [0.15, 0.2) is 23.3 Å². The van der Waals surface area contributed by atoms with E-state index in [-0.39, 0.29) is 17.4 Å². The Bertz CT molecular complexity index is 737. The van der Waals surface area contributed by atoms with Crippen LogP contribution >= 0.6 is 0 Å². The molecule has 4 aliphatic carbocycles. The highest BCUT2D eigenvalue weighted by atomic mass is 16.2. The van der Waals surface area contributed by atoms with Gasteiger partial charge in [-0.05, 0) is 100 Å². The molecule has 0 N–H and O–H groups in total. The number of allylic oxidation sites excluding steroid dienone is 2. The lowest BCUT2D eigenvalue weighted by Gasteiger charge is -2.58. The minimum Gasteiger partial charge on any atom is -0.340 e. The van der Waals surface area contributed by atoms with Gasteiger partial charge in [-0.1, -0.05) is 31.6 Å². The van der Waals surface area contributed by atoms with Gasteiger partial charge in [0.2, 0.25) is 5.91 Å². The van der Waals surface area contributed by atoms with E-state index < -0.39 is 0 Å². The van der Waals surface area contributed by atoms with Crippen LogP contribution in [0.1, 0.15) is 72.6 Å². The third-order valence-electron chi connectivity index (χ3n) is 9.98. The first kappa shape index (κ1) is 21.2. The molecule has 1 amide bonds. The molecule has 2 fully saturated rings. The molecule has 0 aromatic heterocycles. The van der Waals surface area contributed by atoms with Crippen molar-refractivity contribution in [3.63, 3.8) is 0 Å². The van der Waals surface area contributed by atoms with E-state index in [0.717, 1.165) is 23.8 Å². The van der Waals surface area contributed by atoms with E-state index in [1.165, 1.54) is 50.5 Å². The summed E-state index contributed by atoms with van der Waals surface area (Å²) in [6.07, 6.45) is 14.3. The van der Waals surface area contributed by atoms with E-state index in [1.807, 2.05) is 11.9 Å². The predicted octanol–water partition coefficient (Wildman–Crippen LogP) is 5.28. The molecule has 0 spiro atoms. The van der Waals surface area contributed by atoms with Crippen LogP contribution in [0, 0.1) is 28.6 Å². The summed E-state index contributed by atoms with van der Waals surface area (Å²) in [4.78, 5) is 16.4. The van der Waals surface area contributed by atoms with Crippen LogP contribution in [-0.2, 0) is 4.79 Å². The molecule has 0 bridgehead atoms. The first-order valence-electron chi connectivity index (χ1n) is 11.9. The van der Waals surface area contributed by atoms with Crippen LogP contribution in [-0.4, -0.2) is 48.9 Å². The highest BCUT2D eigenvalue weighted by Gasteiger charge is 2.57. The van der Waals surface area contributed by atoms with Crippen LogP contribution < -0.4 is 0 Å². The van der Waals surface area contributed by atoms with Gasteiger partial charge in [0.05, 0.1) is 6.04 Å². The second kappa shape index (κ2) is 7.25. The molecule has 0 heterocycles. The summed E-state index contributed by atoms with van der Waals surface area (Å²) in [6.45, 7) is 9.04. The molecule has 4 aliphatic rings. The highest BCUT2D eigenvalue weighted by Crippen LogP contribution is 2.65. The molecule has 0 radical (unpaired) electrons. The number of fused-ring (bicyclic) bond motifs is 5. The molecule has 2 saturated carbocycles. The van der Waals surface area contributed by atoms with E-state index in [4.69, 9.17) is 0 Å². The van der Waals surface area contributed by atoms with Gasteiger partial charge in [-0.25, -0.2) is 0 Å². The zero-order chi connectivity index (χ0) is 21.1. The van der Waals surface area contributed by atoms with Crippen LogP contribution in [0.25, 0.3) is 0 Å². The Morgan fingerprint density at radius 2 is 1.72 bits per heavy atom. The molecule has 0 aromatic rings. The number of likely N-dealkylation sites (N-methyl/N-ethyl adjacent to an activating group) is 1. The van der Waals surface area contributed by atoms with Gasteiger partial charge in [0, 0.05) is 20.0 Å². The van der Waals surface area contributed by atoms with Gasteiger partial charge in [0.25, 0.3) is 0 Å². The normalized spacial score (nSPS) is 42.3. The van der Waals surface area contributed by atoms with Crippen molar-refractivity contribution >= 4 is 5.91 Å². The lowest BCUT2D eigenvalue weighted by Crippen LogP contribution is -2.52. The predicted molar refractivity (Wildman–Crippen MR) is 121 cm³/mol. The van der Waals surface area contributed by atoms with Gasteiger partial charge in [0.1, 0.15) is 0 Å². The Morgan fingerprint density at radius 1 is 1.03 bits per heavy atom. The molecule has 3 nitrogen and oxygen atoms in total. The number of amides is 1. The zero-order valence-electron chi connectivity index (χ0n) is 19.8. The highest BCUT2D eigenvalue weighted by molar-refractivity contribution is 5.73. The van der Waals surface area contributed by atoms with Crippen LogP contribution in [0.2, 0.25) is 0 Å². The zero-order valence-corrected chi connectivity index (χ0v) is 19.8. The maximum atomic E-state index is 12.0. The number of carbonyl (C=O) groups excluding carboxylic acids is 1. The SMILES string of the molecule is CC(=O)N(C)[C@@H](C)C1=CC[C@H]2[C@@H]3CC=C4C[C@H](N(C)C)CC[C@]4(C)[C@H]3CC[C@]12C. The van der Waals surface area contributed by atoms with Gasteiger partial charge in [-0.3, -0.25) is 4.79 Å². The topological polar surface area (TPSA) is 23.6 Å². The lowest BCUT2D eigenvalue weighted by molar-refractivity contribution is -0.129. The summed E-state index contributed by atoms with van der Waals surface area (Å²) < 4.78 is 0. The smallest absolute Gasteiger partial charge is 0.219 e. The third-order valence-corrected chi connectivity index (χ3v) is 9.98. The van der Waals surface area contributed by atoms with Crippen molar-refractivity contribution in [1.82, 2.24) is 9.80 Å². The van der Waals surface area contributed by atoms with Crippen molar-refractivity contribution in [3.8, 4) is 0 Å². The van der Waals surface area contributed by atoms with E-state index in [0.29, 0.717) is 5.41 Å². The Morgan fingerprint density at radius 3 is 2.38 bits per heavy atom. The molecular weight excluding hydrogens is 356 g/mol. The number of nitrogens with zero attached hydrogens (tertiary/aromatic N) is 2. The monoisotopic (exact) mass is 398 g/mol. The Balaban J connectivity index is 1.58. The van der Waals surface area contributed by atoms with E-state index in [1.54, 1.807) is 12.5 Å². The largest absolute Gasteiger partial charge is 0.340 e. The van der Waals surface area contributed by atoms with Crippen LogP contribution in [0.5, 0.6) is 0 Å². The van der Waals surface area contributed by atoms with E-state index >= 15 is 0 Å². The summed E-state index contributed by atoms with van der Waals surface area (Å²) in [5.41, 5.74) is 3.99. The van der Waals surface area contributed by atoms with E-state index in [2.05, 4.69) is 51.9 Å². The second-order valence-electron chi connectivity index (χ2n) is 11.3. The summed E-state index contributed by atoms with van der Waals surface area (Å²) in [6, 6.07) is 0.947. The molecule has 0 saturated heterocycles.